The molecule has 0 saturated carbocycles. The van der Waals surface area contributed by atoms with Crippen molar-refractivity contribution in [2.75, 3.05) is 19.6 Å². The number of amides is 1. The van der Waals surface area contributed by atoms with Crippen molar-refractivity contribution in [3.05, 3.63) is 35.9 Å². The van der Waals surface area contributed by atoms with Gasteiger partial charge in [-0.25, -0.2) is 0 Å². The summed E-state index contributed by atoms with van der Waals surface area (Å²) < 4.78 is 0. The quantitative estimate of drug-likeness (QED) is 0.829. The average molecular weight is 230 g/mol. The number of hydrogen-bond acceptors (Lipinski definition) is 2. The largest absolute Gasteiger partial charge is 0.356 e. The molecule has 0 aliphatic carbocycles. The molecule has 2 aliphatic rings. The van der Waals surface area contributed by atoms with Gasteiger partial charge in [-0.3, -0.25) is 9.69 Å². The Bertz CT molecular complexity index is 404. The van der Waals surface area contributed by atoms with Gasteiger partial charge in [0.2, 0.25) is 5.91 Å². The molecule has 0 unspecified atom stereocenters. The number of likely N-dealkylation sites (tertiary alicyclic amines) is 1. The van der Waals surface area contributed by atoms with Crippen LogP contribution in [0, 0.1) is 11.8 Å². The van der Waals surface area contributed by atoms with E-state index in [0.29, 0.717) is 5.92 Å². The van der Waals surface area contributed by atoms with Gasteiger partial charge in [0, 0.05) is 26.2 Å². The predicted molar refractivity (Wildman–Crippen MR) is 66.3 cm³/mol. The fourth-order valence-electron chi connectivity index (χ4n) is 3.03. The summed E-state index contributed by atoms with van der Waals surface area (Å²) in [7, 11) is 0. The number of carbonyl (C=O) groups excluding carboxylic acids is 1. The maximum atomic E-state index is 11.7. The Morgan fingerprint density at radius 1 is 1.24 bits per heavy atom. The third-order valence-electron chi connectivity index (χ3n) is 3.92. The monoisotopic (exact) mass is 230 g/mol. The first-order valence-electron chi connectivity index (χ1n) is 6.37. The van der Waals surface area contributed by atoms with Crippen molar-refractivity contribution in [2.24, 2.45) is 11.8 Å². The van der Waals surface area contributed by atoms with Crippen LogP contribution < -0.4 is 5.32 Å². The van der Waals surface area contributed by atoms with Crippen molar-refractivity contribution in [3.8, 4) is 0 Å². The molecule has 3 nitrogen and oxygen atoms in total. The number of fused-ring (bicyclic) bond motifs is 1. The van der Waals surface area contributed by atoms with Crippen LogP contribution in [0.4, 0.5) is 0 Å². The summed E-state index contributed by atoms with van der Waals surface area (Å²) in [6.07, 6.45) is 1.14. The molecule has 2 saturated heterocycles. The number of piperidine rings is 1. The Morgan fingerprint density at radius 3 is 2.82 bits per heavy atom. The fraction of sp³-hybridized carbons (Fsp3) is 0.500. The lowest BCUT2D eigenvalue weighted by Gasteiger charge is -2.23. The highest BCUT2D eigenvalue weighted by Gasteiger charge is 2.39. The molecule has 2 atom stereocenters. The molecule has 1 N–H and O–H groups in total. The van der Waals surface area contributed by atoms with Crippen molar-refractivity contribution in [2.45, 2.75) is 13.0 Å². The molecule has 2 fully saturated rings. The molecule has 17 heavy (non-hydrogen) atoms. The Labute approximate surface area is 102 Å². The van der Waals surface area contributed by atoms with Crippen LogP contribution in [0.3, 0.4) is 0 Å². The van der Waals surface area contributed by atoms with E-state index in [-0.39, 0.29) is 11.8 Å². The zero-order chi connectivity index (χ0) is 11.7. The molecule has 0 aromatic heterocycles. The van der Waals surface area contributed by atoms with Gasteiger partial charge < -0.3 is 5.32 Å². The van der Waals surface area contributed by atoms with Crippen molar-refractivity contribution in [1.82, 2.24) is 10.2 Å². The summed E-state index contributed by atoms with van der Waals surface area (Å²) in [5, 5.41) is 2.97. The standard InChI is InChI=1S/C14H18N2O/c17-14-13-10-16(9-12(13)6-7-15-14)8-11-4-2-1-3-5-11/h1-5,12-13H,6-10H2,(H,15,17)/t12-,13-/m0/s1. The Kier molecular flexibility index (Phi) is 2.85. The highest BCUT2D eigenvalue weighted by Crippen LogP contribution is 2.29. The van der Waals surface area contributed by atoms with Gasteiger partial charge in [-0.1, -0.05) is 30.3 Å². The van der Waals surface area contributed by atoms with E-state index in [1.165, 1.54) is 5.56 Å². The second kappa shape index (κ2) is 4.49. The summed E-state index contributed by atoms with van der Waals surface area (Å²) in [4.78, 5) is 14.1. The maximum absolute atomic E-state index is 11.7. The lowest BCUT2D eigenvalue weighted by atomic mass is 9.89. The number of benzene rings is 1. The lowest BCUT2D eigenvalue weighted by Crippen LogP contribution is -2.41. The van der Waals surface area contributed by atoms with E-state index in [2.05, 4.69) is 34.5 Å². The number of rotatable bonds is 2. The molecule has 3 heteroatoms. The van der Waals surface area contributed by atoms with Crippen LogP contribution in [-0.2, 0) is 11.3 Å². The number of nitrogens with zero attached hydrogens (tertiary/aromatic N) is 1. The van der Waals surface area contributed by atoms with Gasteiger partial charge in [-0.05, 0) is 17.9 Å². The molecule has 1 aromatic rings. The second-order valence-corrected chi connectivity index (χ2v) is 5.13. The minimum atomic E-state index is 0.229. The smallest absolute Gasteiger partial charge is 0.224 e. The average Bonchev–Trinajstić information content (AvgIpc) is 2.74. The van der Waals surface area contributed by atoms with E-state index in [1.54, 1.807) is 0 Å². The Balaban J connectivity index is 1.66. The predicted octanol–water partition coefficient (Wildman–Crippen LogP) is 1.25. The molecule has 0 bridgehead atoms. The summed E-state index contributed by atoms with van der Waals surface area (Å²) in [6, 6.07) is 10.5. The summed E-state index contributed by atoms with van der Waals surface area (Å²) in [6.45, 7) is 3.83. The van der Waals surface area contributed by atoms with Gasteiger partial charge in [0.05, 0.1) is 5.92 Å². The SMILES string of the molecule is O=C1NCC[C@H]2CN(Cc3ccccc3)C[C@H]12. The van der Waals surface area contributed by atoms with Gasteiger partial charge in [0.15, 0.2) is 0 Å². The molecule has 0 radical (unpaired) electrons. The van der Waals surface area contributed by atoms with Gasteiger partial charge >= 0.3 is 0 Å². The zero-order valence-electron chi connectivity index (χ0n) is 9.93. The van der Waals surface area contributed by atoms with Crippen LogP contribution >= 0.6 is 0 Å². The topological polar surface area (TPSA) is 32.3 Å². The molecule has 2 heterocycles. The highest BCUT2D eigenvalue weighted by atomic mass is 16.2. The number of nitrogens with one attached hydrogen (secondary N) is 1. The van der Waals surface area contributed by atoms with Gasteiger partial charge in [-0.15, -0.1) is 0 Å². The molecule has 90 valence electrons. The van der Waals surface area contributed by atoms with Crippen LogP contribution in [0.5, 0.6) is 0 Å². The van der Waals surface area contributed by atoms with E-state index >= 15 is 0 Å². The first kappa shape index (κ1) is 10.8. The number of hydrogen-bond donors (Lipinski definition) is 1. The zero-order valence-corrected chi connectivity index (χ0v) is 9.93. The van der Waals surface area contributed by atoms with Crippen molar-refractivity contribution in [3.63, 3.8) is 0 Å². The molecular formula is C14H18N2O. The van der Waals surface area contributed by atoms with Crippen molar-refractivity contribution >= 4 is 5.91 Å². The first-order chi connectivity index (χ1) is 8.33. The van der Waals surface area contributed by atoms with Crippen molar-refractivity contribution in [1.29, 1.82) is 0 Å². The molecule has 3 rings (SSSR count). The number of carbonyl (C=O) groups is 1. The maximum Gasteiger partial charge on any atom is 0.224 e. The van der Waals surface area contributed by atoms with Crippen LogP contribution in [0.15, 0.2) is 30.3 Å². The minimum Gasteiger partial charge on any atom is -0.356 e. The van der Waals surface area contributed by atoms with Crippen LogP contribution in [0.25, 0.3) is 0 Å². The summed E-state index contributed by atoms with van der Waals surface area (Å²) in [5.74, 6) is 1.07. The van der Waals surface area contributed by atoms with Gasteiger partial charge in [-0.2, -0.15) is 0 Å². The third kappa shape index (κ3) is 2.20. The molecule has 1 amide bonds. The van der Waals surface area contributed by atoms with E-state index in [4.69, 9.17) is 0 Å². The Hall–Kier alpha value is -1.35. The van der Waals surface area contributed by atoms with Crippen molar-refractivity contribution < 1.29 is 4.79 Å². The van der Waals surface area contributed by atoms with E-state index < -0.39 is 0 Å². The van der Waals surface area contributed by atoms with Crippen LogP contribution in [0.2, 0.25) is 0 Å². The first-order valence-corrected chi connectivity index (χ1v) is 6.37. The minimum absolute atomic E-state index is 0.229. The van der Waals surface area contributed by atoms with E-state index in [9.17, 15) is 4.79 Å². The Morgan fingerprint density at radius 2 is 2.06 bits per heavy atom. The van der Waals surface area contributed by atoms with Gasteiger partial charge in [0.25, 0.3) is 0 Å². The molecule has 0 spiro atoms. The molecular weight excluding hydrogens is 212 g/mol. The normalized spacial score (nSPS) is 28.8. The second-order valence-electron chi connectivity index (χ2n) is 5.13. The summed E-state index contributed by atoms with van der Waals surface area (Å²) >= 11 is 0. The van der Waals surface area contributed by atoms with Crippen LogP contribution in [-0.4, -0.2) is 30.4 Å². The third-order valence-corrected chi connectivity index (χ3v) is 3.92. The highest BCUT2D eigenvalue weighted by molar-refractivity contribution is 5.80. The van der Waals surface area contributed by atoms with E-state index in [1.807, 2.05) is 6.07 Å². The molecule has 2 aliphatic heterocycles. The van der Waals surface area contributed by atoms with Gasteiger partial charge in [0.1, 0.15) is 0 Å². The van der Waals surface area contributed by atoms with E-state index in [0.717, 1.165) is 32.6 Å². The summed E-state index contributed by atoms with van der Waals surface area (Å²) in [5.41, 5.74) is 1.34. The molecule has 1 aromatic carbocycles. The van der Waals surface area contributed by atoms with Crippen LogP contribution in [0.1, 0.15) is 12.0 Å². The lowest BCUT2D eigenvalue weighted by molar-refractivity contribution is -0.127. The fourth-order valence-corrected chi connectivity index (χ4v) is 3.03.